The van der Waals surface area contributed by atoms with E-state index in [1.807, 2.05) is 0 Å². The predicted molar refractivity (Wildman–Crippen MR) is 56.7 cm³/mol. The second-order valence-electron chi connectivity index (χ2n) is 3.31. The molecule has 0 bridgehead atoms. The Balaban J connectivity index is 2.22. The van der Waals surface area contributed by atoms with E-state index >= 15 is 0 Å². The lowest BCUT2D eigenvalue weighted by molar-refractivity contribution is -0.137. The van der Waals surface area contributed by atoms with Crippen molar-refractivity contribution in [2.24, 2.45) is 0 Å². The Morgan fingerprint density at radius 1 is 1.53 bits per heavy atom. The molecule has 0 fully saturated rings. The summed E-state index contributed by atoms with van der Waals surface area (Å²) in [7, 11) is -3.43. The van der Waals surface area contributed by atoms with Gasteiger partial charge in [-0.05, 0) is 6.42 Å². The van der Waals surface area contributed by atoms with Gasteiger partial charge in [0.15, 0.2) is 5.82 Å². The number of carboxylic acids is 1. The molecule has 0 saturated carbocycles. The Morgan fingerprint density at radius 3 is 2.88 bits per heavy atom. The van der Waals surface area contributed by atoms with Crippen LogP contribution in [0.3, 0.4) is 0 Å². The molecule has 8 nitrogen and oxygen atoms in total. The SMILES string of the molecule is O=C(O)CCCS(=O)(=O)NCCc1ncon1. The summed E-state index contributed by atoms with van der Waals surface area (Å²) >= 11 is 0. The van der Waals surface area contributed by atoms with Crippen LogP contribution in [0, 0.1) is 0 Å². The number of hydrogen-bond donors (Lipinski definition) is 2. The van der Waals surface area contributed by atoms with Gasteiger partial charge in [-0.25, -0.2) is 13.1 Å². The first-order valence-corrected chi connectivity index (χ1v) is 6.59. The number of nitrogens with zero attached hydrogens (tertiary/aromatic N) is 2. The molecule has 96 valence electrons. The highest BCUT2D eigenvalue weighted by atomic mass is 32.2. The standard InChI is InChI=1S/C8H13N3O5S/c12-8(13)2-1-5-17(14,15)10-4-3-7-9-6-16-11-7/h6,10H,1-5H2,(H,12,13). The van der Waals surface area contributed by atoms with Gasteiger partial charge in [0, 0.05) is 19.4 Å². The van der Waals surface area contributed by atoms with E-state index in [2.05, 4.69) is 19.4 Å². The van der Waals surface area contributed by atoms with Crippen molar-refractivity contribution in [3.63, 3.8) is 0 Å². The summed E-state index contributed by atoms with van der Waals surface area (Å²) in [4.78, 5) is 13.9. The van der Waals surface area contributed by atoms with Crippen molar-refractivity contribution >= 4 is 16.0 Å². The number of aliphatic carboxylic acids is 1. The van der Waals surface area contributed by atoms with Crippen molar-refractivity contribution in [1.29, 1.82) is 0 Å². The molecule has 0 unspecified atom stereocenters. The average Bonchev–Trinajstić information content (AvgIpc) is 2.69. The molecule has 0 aromatic carbocycles. The molecule has 0 aliphatic heterocycles. The van der Waals surface area contributed by atoms with Crippen LogP contribution in [0.2, 0.25) is 0 Å². The molecule has 1 heterocycles. The quantitative estimate of drug-likeness (QED) is 0.641. The zero-order valence-corrected chi connectivity index (χ0v) is 9.81. The molecule has 0 amide bonds. The van der Waals surface area contributed by atoms with Crippen molar-refractivity contribution < 1.29 is 22.8 Å². The number of hydrogen-bond acceptors (Lipinski definition) is 6. The lowest BCUT2D eigenvalue weighted by Crippen LogP contribution is -2.28. The van der Waals surface area contributed by atoms with Gasteiger partial charge in [-0.2, -0.15) is 4.98 Å². The molecule has 1 aromatic heterocycles. The van der Waals surface area contributed by atoms with Crippen molar-refractivity contribution in [3.8, 4) is 0 Å². The lowest BCUT2D eigenvalue weighted by atomic mass is 10.3. The first-order chi connectivity index (χ1) is 7.99. The third-order valence-electron chi connectivity index (χ3n) is 1.88. The molecule has 17 heavy (non-hydrogen) atoms. The van der Waals surface area contributed by atoms with Crippen LogP contribution < -0.4 is 4.72 Å². The zero-order chi connectivity index (χ0) is 12.7. The van der Waals surface area contributed by atoms with E-state index in [4.69, 9.17) is 5.11 Å². The smallest absolute Gasteiger partial charge is 0.303 e. The lowest BCUT2D eigenvalue weighted by Gasteiger charge is -2.04. The molecule has 1 rings (SSSR count). The maximum atomic E-state index is 11.4. The highest BCUT2D eigenvalue weighted by molar-refractivity contribution is 7.89. The molecule has 0 radical (unpaired) electrons. The maximum absolute atomic E-state index is 11.4. The molecule has 2 N–H and O–H groups in total. The van der Waals surface area contributed by atoms with E-state index in [1.165, 1.54) is 0 Å². The first kappa shape index (κ1) is 13.6. The number of sulfonamides is 1. The highest BCUT2D eigenvalue weighted by Gasteiger charge is 2.11. The Labute approximate surface area is 98.1 Å². The molecule has 9 heteroatoms. The fourth-order valence-corrected chi connectivity index (χ4v) is 2.19. The molecule has 0 saturated heterocycles. The molecule has 0 spiro atoms. The normalized spacial score (nSPS) is 11.5. The summed E-state index contributed by atoms with van der Waals surface area (Å²) < 4.78 is 29.6. The van der Waals surface area contributed by atoms with Crippen molar-refractivity contribution in [1.82, 2.24) is 14.9 Å². The Bertz CT molecular complexity index is 442. The average molecular weight is 263 g/mol. The number of nitrogens with one attached hydrogen (secondary N) is 1. The van der Waals surface area contributed by atoms with Gasteiger partial charge in [-0.3, -0.25) is 4.79 Å². The van der Waals surface area contributed by atoms with Gasteiger partial charge < -0.3 is 9.63 Å². The third-order valence-corrected chi connectivity index (χ3v) is 3.35. The monoisotopic (exact) mass is 263 g/mol. The van der Waals surface area contributed by atoms with Gasteiger partial charge in [0.1, 0.15) is 0 Å². The molecular formula is C8H13N3O5S. The van der Waals surface area contributed by atoms with Crippen LogP contribution in [-0.2, 0) is 21.2 Å². The third kappa shape index (κ3) is 5.97. The van der Waals surface area contributed by atoms with E-state index in [0.29, 0.717) is 12.2 Å². The van der Waals surface area contributed by atoms with Crippen LogP contribution in [0.25, 0.3) is 0 Å². The molecule has 0 aliphatic carbocycles. The van der Waals surface area contributed by atoms with Crippen LogP contribution >= 0.6 is 0 Å². The van der Waals surface area contributed by atoms with Crippen LogP contribution in [0.4, 0.5) is 0 Å². The topological polar surface area (TPSA) is 122 Å². The van der Waals surface area contributed by atoms with Crippen molar-refractivity contribution in [2.75, 3.05) is 12.3 Å². The summed E-state index contributed by atoms with van der Waals surface area (Å²) in [5, 5.41) is 11.9. The minimum absolute atomic E-state index is 0.0902. The molecule has 0 aliphatic rings. The number of carbonyl (C=O) groups is 1. The van der Waals surface area contributed by atoms with Crippen LogP contribution in [0.5, 0.6) is 0 Å². The molecular weight excluding hydrogens is 250 g/mol. The number of aromatic nitrogens is 2. The van der Waals surface area contributed by atoms with Crippen LogP contribution in [0.15, 0.2) is 10.9 Å². The van der Waals surface area contributed by atoms with Gasteiger partial charge in [0.25, 0.3) is 0 Å². The van der Waals surface area contributed by atoms with E-state index in [-0.39, 0.29) is 25.1 Å². The molecule has 0 atom stereocenters. The van der Waals surface area contributed by atoms with E-state index in [9.17, 15) is 13.2 Å². The summed E-state index contributed by atoms with van der Waals surface area (Å²) in [6.07, 6.45) is 1.42. The Hall–Kier alpha value is -1.48. The summed E-state index contributed by atoms with van der Waals surface area (Å²) in [5.41, 5.74) is 0. The van der Waals surface area contributed by atoms with Crippen LogP contribution in [-0.4, -0.2) is 41.9 Å². The Morgan fingerprint density at radius 2 is 2.29 bits per heavy atom. The zero-order valence-electron chi connectivity index (χ0n) is 9.00. The minimum Gasteiger partial charge on any atom is -0.481 e. The number of rotatable bonds is 8. The van der Waals surface area contributed by atoms with Crippen LogP contribution in [0.1, 0.15) is 18.7 Å². The second-order valence-corrected chi connectivity index (χ2v) is 5.23. The fourth-order valence-electron chi connectivity index (χ4n) is 1.11. The summed E-state index contributed by atoms with van der Waals surface area (Å²) in [5.74, 6) is -0.795. The summed E-state index contributed by atoms with van der Waals surface area (Å²) in [6, 6.07) is 0. The largest absolute Gasteiger partial charge is 0.481 e. The first-order valence-electron chi connectivity index (χ1n) is 4.94. The molecule has 1 aromatic rings. The fraction of sp³-hybridized carbons (Fsp3) is 0.625. The van der Waals surface area contributed by atoms with Gasteiger partial charge in [-0.1, -0.05) is 5.16 Å². The van der Waals surface area contributed by atoms with E-state index < -0.39 is 16.0 Å². The minimum atomic E-state index is -3.43. The van der Waals surface area contributed by atoms with Gasteiger partial charge in [-0.15, -0.1) is 0 Å². The highest BCUT2D eigenvalue weighted by Crippen LogP contribution is 1.95. The predicted octanol–water partition coefficient (Wildman–Crippen LogP) is -0.604. The van der Waals surface area contributed by atoms with E-state index in [0.717, 1.165) is 6.39 Å². The van der Waals surface area contributed by atoms with Gasteiger partial charge in [0.2, 0.25) is 16.4 Å². The Kier molecular flexibility index (Phi) is 5.04. The maximum Gasteiger partial charge on any atom is 0.303 e. The van der Waals surface area contributed by atoms with Crippen molar-refractivity contribution in [2.45, 2.75) is 19.3 Å². The van der Waals surface area contributed by atoms with Gasteiger partial charge in [0.05, 0.1) is 5.75 Å². The van der Waals surface area contributed by atoms with Gasteiger partial charge >= 0.3 is 5.97 Å². The number of carboxylic acid groups (broad SMARTS) is 1. The van der Waals surface area contributed by atoms with Crippen molar-refractivity contribution in [3.05, 3.63) is 12.2 Å². The second kappa shape index (κ2) is 6.30. The van der Waals surface area contributed by atoms with E-state index in [1.54, 1.807) is 0 Å². The summed E-state index contributed by atoms with van der Waals surface area (Å²) in [6.45, 7) is 0.162.